The third-order valence-electron chi connectivity index (χ3n) is 3.38. The quantitative estimate of drug-likeness (QED) is 0.737. The average Bonchev–Trinajstić information content (AvgIpc) is 2.92. The van der Waals surface area contributed by atoms with Crippen LogP contribution in [0.2, 0.25) is 0 Å². The first kappa shape index (κ1) is 10.9. The second kappa shape index (κ2) is 4.22. The highest BCUT2D eigenvalue weighted by Gasteiger charge is 2.07. The Balaban J connectivity index is 1.89. The summed E-state index contributed by atoms with van der Waals surface area (Å²) < 4.78 is 2.17. The number of aromatic amines is 1. The molecule has 18 heavy (non-hydrogen) atoms. The van der Waals surface area contributed by atoms with Crippen molar-refractivity contribution >= 4 is 16.6 Å². The highest BCUT2D eigenvalue weighted by molar-refractivity contribution is 5.83. The van der Waals surface area contributed by atoms with Gasteiger partial charge in [0.1, 0.15) is 0 Å². The molecule has 4 nitrogen and oxygen atoms in total. The van der Waals surface area contributed by atoms with Crippen LogP contribution in [0.25, 0.3) is 10.9 Å². The molecule has 0 aliphatic carbocycles. The van der Waals surface area contributed by atoms with Gasteiger partial charge in [-0.25, -0.2) is 0 Å². The van der Waals surface area contributed by atoms with E-state index in [-0.39, 0.29) is 0 Å². The first-order valence-corrected chi connectivity index (χ1v) is 6.06. The van der Waals surface area contributed by atoms with Crippen LogP contribution in [0.15, 0.2) is 36.7 Å². The third kappa shape index (κ3) is 1.76. The Hall–Kier alpha value is -2.23. The molecule has 0 spiro atoms. The maximum atomic E-state index is 5.82. The fraction of sp³-hybridized carbons (Fsp3) is 0.214. The number of nitrogens with two attached hydrogens (primary N) is 1. The van der Waals surface area contributed by atoms with Crippen molar-refractivity contribution in [1.82, 2.24) is 14.8 Å². The molecule has 0 atom stereocenters. The summed E-state index contributed by atoms with van der Waals surface area (Å²) in [6, 6.07) is 8.46. The number of benzene rings is 1. The first-order valence-electron chi connectivity index (χ1n) is 6.06. The molecule has 0 amide bonds. The molecule has 0 bridgehead atoms. The number of rotatable bonds is 3. The van der Waals surface area contributed by atoms with E-state index in [1.807, 2.05) is 0 Å². The topological polar surface area (TPSA) is 59.6 Å². The van der Waals surface area contributed by atoms with Gasteiger partial charge in [-0.2, -0.15) is 5.10 Å². The van der Waals surface area contributed by atoms with Gasteiger partial charge in [0, 0.05) is 24.1 Å². The Kier molecular flexibility index (Phi) is 2.55. The number of nitrogens with one attached hydrogen (secondary N) is 1. The van der Waals surface area contributed by atoms with Crippen molar-refractivity contribution in [3.05, 3.63) is 47.9 Å². The molecule has 92 valence electrons. The summed E-state index contributed by atoms with van der Waals surface area (Å²) in [6.07, 6.45) is 5.71. The number of hydrogen-bond donors (Lipinski definition) is 2. The fourth-order valence-corrected chi connectivity index (χ4v) is 2.41. The lowest BCUT2D eigenvalue weighted by Gasteiger charge is -1.99. The SMILES string of the molecule is Cn1cc(CCc2[nH]ncc2N)c2ccccc21. The van der Waals surface area contributed by atoms with E-state index in [9.17, 15) is 0 Å². The van der Waals surface area contributed by atoms with Gasteiger partial charge in [-0.15, -0.1) is 0 Å². The van der Waals surface area contributed by atoms with Crippen LogP contribution in [0.4, 0.5) is 5.69 Å². The van der Waals surface area contributed by atoms with E-state index >= 15 is 0 Å². The molecular weight excluding hydrogens is 224 g/mol. The van der Waals surface area contributed by atoms with Gasteiger partial charge in [0.25, 0.3) is 0 Å². The normalized spacial score (nSPS) is 11.2. The Bertz CT molecular complexity index is 678. The van der Waals surface area contributed by atoms with E-state index in [0.29, 0.717) is 0 Å². The van der Waals surface area contributed by atoms with Gasteiger partial charge in [-0.3, -0.25) is 5.10 Å². The second-order valence-electron chi connectivity index (χ2n) is 4.59. The maximum Gasteiger partial charge on any atom is 0.0730 e. The first-order chi connectivity index (χ1) is 8.75. The van der Waals surface area contributed by atoms with Crippen LogP contribution in [0.1, 0.15) is 11.3 Å². The number of fused-ring (bicyclic) bond motifs is 1. The van der Waals surface area contributed by atoms with E-state index < -0.39 is 0 Å². The monoisotopic (exact) mass is 240 g/mol. The van der Waals surface area contributed by atoms with E-state index in [0.717, 1.165) is 24.2 Å². The van der Waals surface area contributed by atoms with Gasteiger partial charge in [0.15, 0.2) is 0 Å². The van der Waals surface area contributed by atoms with Crippen LogP contribution in [-0.4, -0.2) is 14.8 Å². The molecule has 0 saturated carbocycles. The third-order valence-corrected chi connectivity index (χ3v) is 3.38. The van der Waals surface area contributed by atoms with Gasteiger partial charge in [0.2, 0.25) is 0 Å². The van der Waals surface area contributed by atoms with Crippen molar-refractivity contribution < 1.29 is 0 Å². The molecule has 3 aromatic rings. The highest BCUT2D eigenvalue weighted by atomic mass is 15.1. The standard InChI is InChI=1S/C14H16N4/c1-18-9-10(11-4-2-3-5-14(11)18)6-7-13-12(15)8-16-17-13/h2-5,8-9H,6-7,15H2,1H3,(H,16,17). The highest BCUT2D eigenvalue weighted by Crippen LogP contribution is 2.22. The van der Waals surface area contributed by atoms with E-state index in [2.05, 4.69) is 52.3 Å². The van der Waals surface area contributed by atoms with Crippen molar-refractivity contribution in [2.45, 2.75) is 12.8 Å². The number of aromatic nitrogens is 3. The zero-order valence-corrected chi connectivity index (χ0v) is 10.4. The van der Waals surface area contributed by atoms with Crippen LogP contribution in [0, 0.1) is 0 Å². The molecule has 2 heterocycles. The summed E-state index contributed by atoms with van der Waals surface area (Å²) in [5.74, 6) is 0. The minimum Gasteiger partial charge on any atom is -0.396 e. The molecule has 0 saturated heterocycles. The van der Waals surface area contributed by atoms with Gasteiger partial charge >= 0.3 is 0 Å². The molecule has 0 radical (unpaired) electrons. The lowest BCUT2D eigenvalue weighted by molar-refractivity contribution is 0.885. The predicted octanol–water partition coefficient (Wildman–Crippen LogP) is 2.27. The van der Waals surface area contributed by atoms with Crippen molar-refractivity contribution in [2.75, 3.05) is 5.73 Å². The van der Waals surface area contributed by atoms with E-state index in [4.69, 9.17) is 5.73 Å². The van der Waals surface area contributed by atoms with Gasteiger partial charge < -0.3 is 10.3 Å². The van der Waals surface area contributed by atoms with Crippen molar-refractivity contribution in [1.29, 1.82) is 0 Å². The molecule has 0 aliphatic rings. The average molecular weight is 240 g/mol. The van der Waals surface area contributed by atoms with E-state index in [1.165, 1.54) is 16.5 Å². The van der Waals surface area contributed by atoms with Crippen LogP contribution < -0.4 is 5.73 Å². The summed E-state index contributed by atoms with van der Waals surface area (Å²) in [4.78, 5) is 0. The molecule has 0 unspecified atom stereocenters. The summed E-state index contributed by atoms with van der Waals surface area (Å²) >= 11 is 0. The summed E-state index contributed by atoms with van der Waals surface area (Å²) in [5, 5.41) is 8.21. The number of nitrogens with zero attached hydrogens (tertiary/aromatic N) is 2. The number of H-pyrrole nitrogens is 1. The van der Waals surface area contributed by atoms with E-state index in [1.54, 1.807) is 6.20 Å². The summed E-state index contributed by atoms with van der Waals surface area (Å²) in [7, 11) is 2.08. The molecular formula is C14H16N4. The molecule has 3 N–H and O–H groups in total. The Labute approximate surface area is 105 Å². The number of anilines is 1. The van der Waals surface area contributed by atoms with Gasteiger partial charge in [0.05, 0.1) is 17.6 Å². The number of nitrogen functional groups attached to an aromatic ring is 1. The largest absolute Gasteiger partial charge is 0.396 e. The Morgan fingerprint density at radius 3 is 2.89 bits per heavy atom. The fourth-order valence-electron chi connectivity index (χ4n) is 2.41. The van der Waals surface area contributed by atoms with Crippen molar-refractivity contribution in [3.63, 3.8) is 0 Å². The summed E-state index contributed by atoms with van der Waals surface area (Å²) in [6.45, 7) is 0. The number of aryl methyl sites for hydroxylation is 3. The van der Waals surface area contributed by atoms with Gasteiger partial charge in [-0.05, 0) is 24.5 Å². The molecule has 0 aliphatic heterocycles. The second-order valence-corrected chi connectivity index (χ2v) is 4.59. The minimum absolute atomic E-state index is 0.746. The summed E-state index contributed by atoms with van der Waals surface area (Å²) in [5.41, 5.74) is 10.2. The zero-order chi connectivity index (χ0) is 12.5. The maximum absolute atomic E-state index is 5.82. The van der Waals surface area contributed by atoms with Crippen molar-refractivity contribution in [2.24, 2.45) is 7.05 Å². The van der Waals surface area contributed by atoms with Crippen molar-refractivity contribution in [3.8, 4) is 0 Å². The van der Waals surface area contributed by atoms with Gasteiger partial charge in [-0.1, -0.05) is 18.2 Å². The lowest BCUT2D eigenvalue weighted by Crippen LogP contribution is -1.95. The molecule has 3 rings (SSSR count). The van der Waals surface area contributed by atoms with Crippen LogP contribution in [0.5, 0.6) is 0 Å². The molecule has 4 heteroatoms. The molecule has 0 fully saturated rings. The number of hydrogen-bond acceptors (Lipinski definition) is 2. The molecule has 2 aromatic heterocycles. The zero-order valence-electron chi connectivity index (χ0n) is 10.4. The number of para-hydroxylation sites is 1. The smallest absolute Gasteiger partial charge is 0.0730 e. The predicted molar refractivity (Wildman–Crippen MR) is 73.3 cm³/mol. The minimum atomic E-state index is 0.746. The van der Waals surface area contributed by atoms with Crippen LogP contribution >= 0.6 is 0 Å². The van der Waals surface area contributed by atoms with Crippen LogP contribution in [0.3, 0.4) is 0 Å². The molecule has 1 aromatic carbocycles. The van der Waals surface area contributed by atoms with Crippen LogP contribution in [-0.2, 0) is 19.9 Å². The lowest BCUT2D eigenvalue weighted by atomic mass is 10.1. The Morgan fingerprint density at radius 2 is 2.11 bits per heavy atom. The Morgan fingerprint density at radius 1 is 1.28 bits per heavy atom.